The SMILES string of the molecule is Cl.N[C@H]1COc2cccnc2CC1=O.O=C(N[C@H]1COc2cccnc2CC1=O)c1cc(C2(c3ccccc3)CC2)on1.O=C(O)c1cc(C2(c3ccccc3)CC2)on1. The molecule has 60 heavy (non-hydrogen) atoms. The second-order valence-electron chi connectivity index (χ2n) is 14.8. The molecular formula is C44H41ClN6O9. The minimum atomic E-state index is -1.05. The van der Waals surface area contributed by atoms with E-state index in [1.807, 2.05) is 48.5 Å². The second kappa shape index (κ2) is 17.6. The number of nitrogens with two attached hydrogens (primary N) is 1. The number of pyridine rings is 2. The molecule has 15 nitrogen and oxygen atoms in total. The fourth-order valence-corrected chi connectivity index (χ4v) is 7.18. The molecule has 308 valence electrons. The number of Topliss-reactive ketones (excluding diaryl/α,β-unsaturated/α-hetero) is 2. The lowest BCUT2D eigenvalue weighted by Crippen LogP contribution is -2.44. The molecule has 1 amide bonds. The van der Waals surface area contributed by atoms with Gasteiger partial charge in [-0.15, -0.1) is 12.4 Å². The van der Waals surface area contributed by atoms with E-state index >= 15 is 0 Å². The zero-order valence-electron chi connectivity index (χ0n) is 32.2. The number of fused-ring (bicyclic) bond motifs is 2. The normalized spacial score (nSPS) is 18.9. The minimum Gasteiger partial charge on any atom is -0.490 e. The van der Waals surface area contributed by atoms with E-state index in [0.29, 0.717) is 34.4 Å². The van der Waals surface area contributed by atoms with Crippen LogP contribution in [0, 0.1) is 0 Å². The third-order valence-corrected chi connectivity index (χ3v) is 10.9. The zero-order chi connectivity index (χ0) is 41.0. The summed E-state index contributed by atoms with van der Waals surface area (Å²) >= 11 is 0. The van der Waals surface area contributed by atoms with Crippen LogP contribution in [0.5, 0.6) is 11.5 Å². The molecule has 4 N–H and O–H groups in total. The summed E-state index contributed by atoms with van der Waals surface area (Å²) < 4.78 is 21.7. The first kappa shape index (κ1) is 41.4. The Morgan fingerprint density at radius 1 is 0.667 bits per heavy atom. The first-order valence-corrected chi connectivity index (χ1v) is 19.2. The molecule has 4 aliphatic rings. The number of benzene rings is 2. The Kier molecular flexibility index (Phi) is 12.2. The van der Waals surface area contributed by atoms with E-state index in [4.69, 9.17) is 29.4 Å². The first-order valence-electron chi connectivity index (χ1n) is 19.2. The standard InChI is InChI=1S/C22H19N3O4.C13H11NO3.C9H10N2O2.ClH/c26-18-11-15-19(7-4-10-23-15)28-13-17(18)24-21(27)16-12-20(29-25-16)22(8-9-22)14-5-2-1-3-6-14;15-12(16)10-8-11(17-14-10)13(6-7-13)9-4-2-1-3-5-9;10-6-5-13-9-2-1-3-11-7(9)4-8(6)12;/h1-7,10,12,17H,8-9,11,13H2,(H,24,27);1-5,8H,6-7H2,(H,15,16);1-3,6H,4-5,10H2;1H/t17-;;6-;/m0.0./s1. The molecule has 0 unspecified atom stereocenters. The highest BCUT2D eigenvalue weighted by molar-refractivity contribution is 5.97. The van der Waals surface area contributed by atoms with Gasteiger partial charge in [-0.1, -0.05) is 71.0 Å². The van der Waals surface area contributed by atoms with E-state index in [1.165, 1.54) is 6.07 Å². The van der Waals surface area contributed by atoms with E-state index < -0.39 is 24.0 Å². The van der Waals surface area contributed by atoms with Gasteiger partial charge in [0.2, 0.25) is 0 Å². The van der Waals surface area contributed by atoms with Gasteiger partial charge in [-0.2, -0.15) is 0 Å². The van der Waals surface area contributed by atoms with Crippen molar-refractivity contribution in [1.82, 2.24) is 25.6 Å². The number of carboxylic acids is 1. The van der Waals surface area contributed by atoms with Crippen LogP contribution < -0.4 is 20.5 Å². The van der Waals surface area contributed by atoms with Crippen molar-refractivity contribution < 1.29 is 42.8 Å². The summed E-state index contributed by atoms with van der Waals surface area (Å²) in [6, 6.07) is 29.1. The molecule has 4 aromatic heterocycles. The van der Waals surface area contributed by atoms with Gasteiger partial charge in [0.1, 0.15) is 42.3 Å². The highest BCUT2D eigenvalue weighted by atomic mass is 35.5. The molecule has 6 heterocycles. The predicted molar refractivity (Wildman–Crippen MR) is 216 cm³/mol. The molecule has 2 aliphatic carbocycles. The molecule has 0 spiro atoms. The van der Waals surface area contributed by atoms with Crippen molar-refractivity contribution in [3.63, 3.8) is 0 Å². The van der Waals surface area contributed by atoms with E-state index in [-0.39, 0.29) is 72.2 Å². The number of aromatic nitrogens is 4. The summed E-state index contributed by atoms with van der Waals surface area (Å²) in [5, 5.41) is 19.1. The average molecular weight is 833 g/mol. The molecular weight excluding hydrogens is 792 g/mol. The molecule has 10 rings (SSSR count). The van der Waals surface area contributed by atoms with Crippen LogP contribution >= 0.6 is 12.4 Å². The molecule has 0 saturated heterocycles. The van der Waals surface area contributed by atoms with Gasteiger partial charge >= 0.3 is 5.97 Å². The summed E-state index contributed by atoms with van der Waals surface area (Å²) in [6.07, 6.45) is 7.51. The largest absolute Gasteiger partial charge is 0.490 e. The van der Waals surface area contributed by atoms with Gasteiger partial charge in [-0.3, -0.25) is 24.4 Å². The van der Waals surface area contributed by atoms with Crippen molar-refractivity contribution in [2.45, 2.75) is 61.4 Å². The van der Waals surface area contributed by atoms with Crippen LogP contribution in [0.25, 0.3) is 0 Å². The number of carbonyl (C=O) groups excluding carboxylic acids is 3. The number of carboxylic acid groups (broad SMARTS) is 1. The summed E-state index contributed by atoms with van der Waals surface area (Å²) in [5.41, 5.74) is 8.91. The Balaban J connectivity index is 0.000000149. The third-order valence-electron chi connectivity index (χ3n) is 10.9. The van der Waals surface area contributed by atoms with Crippen LogP contribution in [0.2, 0.25) is 0 Å². The lowest BCUT2D eigenvalue weighted by atomic mass is 9.93. The monoisotopic (exact) mass is 832 g/mol. The molecule has 2 aromatic carbocycles. The number of halogens is 1. The fraction of sp³-hybridized carbons (Fsp3) is 0.273. The van der Waals surface area contributed by atoms with E-state index in [1.54, 1.807) is 42.7 Å². The number of ketones is 2. The van der Waals surface area contributed by atoms with Crippen LogP contribution in [-0.4, -0.2) is 74.1 Å². The average Bonchev–Trinajstić information content (AvgIpc) is 4.16. The smallest absolute Gasteiger partial charge is 0.358 e. The quantitative estimate of drug-likeness (QED) is 0.187. The Morgan fingerprint density at radius 3 is 1.65 bits per heavy atom. The number of nitrogens with zero attached hydrogens (tertiary/aromatic N) is 4. The fourth-order valence-electron chi connectivity index (χ4n) is 7.18. The van der Waals surface area contributed by atoms with Crippen molar-refractivity contribution >= 4 is 35.9 Å². The molecule has 0 bridgehead atoms. The van der Waals surface area contributed by atoms with Crippen molar-refractivity contribution in [2.24, 2.45) is 5.73 Å². The van der Waals surface area contributed by atoms with Gasteiger partial charge in [-0.05, 0) is 61.1 Å². The van der Waals surface area contributed by atoms with Crippen molar-refractivity contribution in [3.05, 3.63) is 155 Å². The van der Waals surface area contributed by atoms with Crippen LogP contribution in [-0.2, 0) is 33.3 Å². The van der Waals surface area contributed by atoms with Crippen molar-refractivity contribution in [1.29, 1.82) is 0 Å². The van der Waals surface area contributed by atoms with Crippen LogP contribution in [0.4, 0.5) is 0 Å². The molecule has 6 aromatic rings. The molecule has 2 atom stereocenters. The van der Waals surface area contributed by atoms with Crippen LogP contribution in [0.3, 0.4) is 0 Å². The maximum absolute atomic E-state index is 12.7. The highest BCUT2D eigenvalue weighted by Crippen LogP contribution is 2.54. The lowest BCUT2D eigenvalue weighted by Gasteiger charge is -2.14. The Labute approximate surface area is 350 Å². The Bertz CT molecular complexity index is 2480. The molecule has 0 radical (unpaired) electrons. The van der Waals surface area contributed by atoms with E-state index in [0.717, 1.165) is 36.8 Å². The number of hydrogen-bond acceptors (Lipinski definition) is 13. The number of rotatable bonds is 7. The molecule has 2 aliphatic heterocycles. The number of amides is 1. The lowest BCUT2D eigenvalue weighted by molar-refractivity contribution is -0.121. The zero-order valence-corrected chi connectivity index (χ0v) is 33.0. The van der Waals surface area contributed by atoms with Crippen LogP contribution in [0.15, 0.2) is 119 Å². The van der Waals surface area contributed by atoms with Gasteiger partial charge in [0.25, 0.3) is 5.91 Å². The number of hydrogen-bond donors (Lipinski definition) is 3. The van der Waals surface area contributed by atoms with Crippen molar-refractivity contribution in [2.75, 3.05) is 13.2 Å². The minimum absolute atomic E-state index is 0. The van der Waals surface area contributed by atoms with Gasteiger partial charge in [0.05, 0.1) is 41.1 Å². The Hall–Kier alpha value is -6.71. The van der Waals surface area contributed by atoms with E-state index in [2.05, 4.69) is 37.7 Å². The summed E-state index contributed by atoms with van der Waals surface area (Å²) in [5.74, 6) is 0.896. The number of carbonyl (C=O) groups is 4. The van der Waals surface area contributed by atoms with Crippen LogP contribution in [0.1, 0.15) is 80.7 Å². The Morgan fingerprint density at radius 2 is 1.15 bits per heavy atom. The number of nitrogens with one attached hydrogen (secondary N) is 1. The number of ether oxygens (including phenoxy) is 2. The maximum Gasteiger partial charge on any atom is 0.358 e. The topological polar surface area (TPSA) is 223 Å². The first-order chi connectivity index (χ1) is 28.6. The van der Waals surface area contributed by atoms with E-state index in [9.17, 15) is 19.2 Å². The summed E-state index contributed by atoms with van der Waals surface area (Å²) in [7, 11) is 0. The van der Waals surface area contributed by atoms with Gasteiger partial charge in [0, 0.05) is 24.5 Å². The predicted octanol–water partition coefficient (Wildman–Crippen LogP) is 5.24. The highest BCUT2D eigenvalue weighted by Gasteiger charge is 2.50. The maximum atomic E-state index is 12.7. The van der Waals surface area contributed by atoms with Gasteiger partial charge < -0.3 is 34.7 Å². The molecule has 2 saturated carbocycles. The molecule has 2 fully saturated rings. The second-order valence-corrected chi connectivity index (χ2v) is 14.8. The third kappa shape index (κ3) is 8.82. The molecule has 16 heteroatoms. The van der Waals surface area contributed by atoms with Crippen molar-refractivity contribution in [3.8, 4) is 11.5 Å². The summed E-state index contributed by atoms with van der Waals surface area (Å²) in [6.45, 7) is 0.305. The number of aromatic carboxylic acids is 1. The van der Waals surface area contributed by atoms with Gasteiger partial charge in [0.15, 0.2) is 23.0 Å². The van der Waals surface area contributed by atoms with Gasteiger partial charge in [-0.25, -0.2) is 4.79 Å². The summed E-state index contributed by atoms with van der Waals surface area (Å²) in [4.78, 5) is 55.6.